The molecule has 3 rings (SSSR count). The van der Waals surface area contributed by atoms with Gasteiger partial charge in [0.1, 0.15) is 10.8 Å². The molecular formula is C17H20F2N4S. The molecule has 1 aliphatic rings. The molecule has 2 heterocycles. The number of aromatic nitrogens is 2. The van der Waals surface area contributed by atoms with Gasteiger partial charge in [0.25, 0.3) is 0 Å². The number of hydrogen-bond donors (Lipinski definition) is 1. The largest absolute Gasteiger partial charge is 0.355 e. The summed E-state index contributed by atoms with van der Waals surface area (Å²) in [6.45, 7) is 5.57. The Labute approximate surface area is 144 Å². The van der Waals surface area contributed by atoms with Crippen LogP contribution in [0.5, 0.6) is 0 Å². The first-order chi connectivity index (χ1) is 11.4. The molecule has 24 heavy (non-hydrogen) atoms. The Hall–Kier alpha value is -1.73. The Balaban J connectivity index is 1.77. The highest BCUT2D eigenvalue weighted by Crippen LogP contribution is 2.32. The van der Waals surface area contributed by atoms with E-state index in [4.69, 9.17) is 5.73 Å². The van der Waals surface area contributed by atoms with E-state index in [0.717, 1.165) is 49.6 Å². The highest BCUT2D eigenvalue weighted by atomic mass is 32.2. The molecule has 2 N–H and O–H groups in total. The number of halogens is 2. The number of piperidine rings is 1. The molecular weight excluding hydrogens is 330 g/mol. The van der Waals surface area contributed by atoms with Crippen molar-refractivity contribution >= 4 is 17.6 Å². The number of aryl methyl sites for hydroxylation is 1. The summed E-state index contributed by atoms with van der Waals surface area (Å²) in [5.74, 6) is -0.918. The third-order valence-corrected chi connectivity index (χ3v) is 5.37. The lowest BCUT2D eigenvalue weighted by atomic mass is 9.91. The van der Waals surface area contributed by atoms with Crippen molar-refractivity contribution in [2.45, 2.75) is 42.1 Å². The van der Waals surface area contributed by atoms with E-state index in [1.807, 2.05) is 6.92 Å². The minimum absolute atomic E-state index is 0.121. The maximum atomic E-state index is 13.8. The van der Waals surface area contributed by atoms with E-state index in [-0.39, 0.29) is 10.4 Å². The van der Waals surface area contributed by atoms with E-state index in [9.17, 15) is 8.78 Å². The van der Waals surface area contributed by atoms with Gasteiger partial charge in [0.2, 0.25) is 0 Å². The lowest BCUT2D eigenvalue weighted by Gasteiger charge is -2.37. The SMILES string of the molecule is Cc1nc(N2CCC(C)(N)CC2)cnc1Sc1cccc(F)c1F. The minimum Gasteiger partial charge on any atom is -0.355 e. The second-order valence-electron chi connectivity index (χ2n) is 6.41. The van der Waals surface area contributed by atoms with Crippen LogP contribution in [-0.4, -0.2) is 28.6 Å². The number of rotatable bonds is 3. The summed E-state index contributed by atoms with van der Waals surface area (Å²) < 4.78 is 27.1. The van der Waals surface area contributed by atoms with Crippen LogP contribution < -0.4 is 10.6 Å². The zero-order valence-corrected chi connectivity index (χ0v) is 14.5. The number of hydrogen-bond acceptors (Lipinski definition) is 5. The fourth-order valence-electron chi connectivity index (χ4n) is 2.62. The minimum atomic E-state index is -0.861. The van der Waals surface area contributed by atoms with E-state index in [1.54, 1.807) is 6.20 Å². The molecule has 0 bridgehead atoms. The fourth-order valence-corrected chi connectivity index (χ4v) is 3.47. The second-order valence-corrected chi connectivity index (χ2v) is 7.44. The number of benzene rings is 1. The van der Waals surface area contributed by atoms with Crippen molar-refractivity contribution in [3.05, 3.63) is 41.7 Å². The van der Waals surface area contributed by atoms with Crippen molar-refractivity contribution in [1.82, 2.24) is 9.97 Å². The van der Waals surface area contributed by atoms with Crippen molar-refractivity contribution in [3.63, 3.8) is 0 Å². The van der Waals surface area contributed by atoms with Gasteiger partial charge in [0.05, 0.1) is 16.8 Å². The Morgan fingerprint density at radius 2 is 1.96 bits per heavy atom. The molecule has 0 saturated carbocycles. The standard InChI is InChI=1S/C17H20F2N4S/c1-11-16(24-13-5-3-4-12(18)15(13)19)21-10-14(22-11)23-8-6-17(2,20)7-9-23/h3-5,10H,6-9,20H2,1-2H3. The Kier molecular flexibility index (Phi) is 4.73. The second kappa shape index (κ2) is 6.64. The summed E-state index contributed by atoms with van der Waals surface area (Å²) in [5, 5.41) is 0.573. The average molecular weight is 350 g/mol. The highest BCUT2D eigenvalue weighted by Gasteiger charge is 2.26. The predicted octanol–water partition coefficient (Wildman–Crippen LogP) is 3.53. The zero-order valence-electron chi connectivity index (χ0n) is 13.7. The molecule has 1 aliphatic heterocycles. The molecule has 0 unspecified atom stereocenters. The molecule has 128 valence electrons. The highest BCUT2D eigenvalue weighted by molar-refractivity contribution is 7.99. The molecule has 1 saturated heterocycles. The van der Waals surface area contributed by atoms with E-state index >= 15 is 0 Å². The van der Waals surface area contributed by atoms with Gasteiger partial charge in [0.15, 0.2) is 11.6 Å². The van der Waals surface area contributed by atoms with Crippen molar-refractivity contribution in [1.29, 1.82) is 0 Å². The molecule has 4 nitrogen and oxygen atoms in total. The monoisotopic (exact) mass is 350 g/mol. The smallest absolute Gasteiger partial charge is 0.172 e. The van der Waals surface area contributed by atoms with Gasteiger partial charge in [-0.15, -0.1) is 0 Å². The van der Waals surface area contributed by atoms with E-state index < -0.39 is 11.6 Å². The third kappa shape index (κ3) is 3.67. The molecule has 0 aliphatic carbocycles. The topological polar surface area (TPSA) is 55.0 Å². The lowest BCUT2D eigenvalue weighted by molar-refractivity contribution is 0.363. The van der Waals surface area contributed by atoms with Crippen LogP contribution in [0.1, 0.15) is 25.5 Å². The van der Waals surface area contributed by atoms with Crippen LogP contribution in [-0.2, 0) is 0 Å². The van der Waals surface area contributed by atoms with E-state index in [0.29, 0.717) is 10.7 Å². The van der Waals surface area contributed by atoms with Crippen LogP contribution >= 0.6 is 11.8 Å². The lowest BCUT2D eigenvalue weighted by Crippen LogP contribution is -2.48. The quantitative estimate of drug-likeness (QED) is 0.918. The van der Waals surface area contributed by atoms with Gasteiger partial charge < -0.3 is 10.6 Å². The molecule has 7 heteroatoms. The first-order valence-corrected chi connectivity index (χ1v) is 8.67. The van der Waals surface area contributed by atoms with Gasteiger partial charge in [-0.1, -0.05) is 17.8 Å². The van der Waals surface area contributed by atoms with Crippen LogP contribution in [0.4, 0.5) is 14.6 Å². The Morgan fingerprint density at radius 3 is 2.62 bits per heavy atom. The summed E-state index contributed by atoms with van der Waals surface area (Å²) in [6, 6.07) is 4.11. The summed E-state index contributed by atoms with van der Waals surface area (Å²) >= 11 is 1.08. The average Bonchev–Trinajstić information content (AvgIpc) is 2.53. The predicted molar refractivity (Wildman–Crippen MR) is 91.3 cm³/mol. The van der Waals surface area contributed by atoms with Gasteiger partial charge in [-0.25, -0.2) is 18.7 Å². The summed E-state index contributed by atoms with van der Waals surface area (Å²) in [4.78, 5) is 11.3. The van der Waals surface area contributed by atoms with Gasteiger partial charge in [0, 0.05) is 18.6 Å². The van der Waals surface area contributed by atoms with Crippen LogP contribution in [0.25, 0.3) is 0 Å². The van der Waals surface area contributed by atoms with Crippen molar-refractivity contribution < 1.29 is 8.78 Å². The first-order valence-electron chi connectivity index (χ1n) is 7.85. The molecule has 0 radical (unpaired) electrons. The fraction of sp³-hybridized carbons (Fsp3) is 0.412. The van der Waals surface area contributed by atoms with Crippen LogP contribution in [0.3, 0.4) is 0 Å². The van der Waals surface area contributed by atoms with Crippen molar-refractivity contribution in [2.75, 3.05) is 18.0 Å². The van der Waals surface area contributed by atoms with E-state index in [2.05, 4.69) is 21.8 Å². The Bertz CT molecular complexity index is 741. The number of nitrogens with zero attached hydrogens (tertiary/aromatic N) is 3. The first kappa shape index (κ1) is 17.1. The van der Waals surface area contributed by atoms with Gasteiger partial charge >= 0.3 is 0 Å². The molecule has 1 aromatic heterocycles. The molecule has 1 aromatic carbocycles. The van der Waals surface area contributed by atoms with Gasteiger partial charge in [-0.2, -0.15) is 0 Å². The molecule has 0 atom stereocenters. The summed E-state index contributed by atoms with van der Waals surface area (Å²) in [5.41, 5.74) is 6.73. The maximum absolute atomic E-state index is 13.8. The molecule has 0 amide bonds. The zero-order chi connectivity index (χ0) is 17.3. The molecule has 2 aromatic rings. The van der Waals surface area contributed by atoms with Crippen LogP contribution in [0.15, 0.2) is 34.3 Å². The Morgan fingerprint density at radius 1 is 1.25 bits per heavy atom. The van der Waals surface area contributed by atoms with Crippen LogP contribution in [0.2, 0.25) is 0 Å². The van der Waals surface area contributed by atoms with Gasteiger partial charge in [-0.3, -0.25) is 0 Å². The summed E-state index contributed by atoms with van der Waals surface area (Å²) in [7, 11) is 0. The number of nitrogens with two attached hydrogens (primary N) is 1. The normalized spacial score (nSPS) is 17.1. The molecule has 0 spiro atoms. The third-order valence-electron chi connectivity index (χ3n) is 4.24. The molecule has 1 fully saturated rings. The maximum Gasteiger partial charge on any atom is 0.172 e. The van der Waals surface area contributed by atoms with E-state index in [1.165, 1.54) is 12.1 Å². The van der Waals surface area contributed by atoms with Crippen molar-refractivity contribution in [2.24, 2.45) is 5.73 Å². The number of anilines is 1. The van der Waals surface area contributed by atoms with Crippen LogP contribution in [0, 0.1) is 18.6 Å². The summed E-state index contributed by atoms with van der Waals surface area (Å²) in [6.07, 6.45) is 3.49. The van der Waals surface area contributed by atoms with Gasteiger partial charge in [-0.05, 0) is 38.8 Å². The van der Waals surface area contributed by atoms with Crippen molar-refractivity contribution in [3.8, 4) is 0 Å².